The van der Waals surface area contributed by atoms with Gasteiger partial charge in [0.1, 0.15) is 0 Å². The number of halogens is 1. The predicted molar refractivity (Wildman–Crippen MR) is 69.9 cm³/mol. The number of hydrogen-bond acceptors (Lipinski definition) is 3. The van der Waals surface area contributed by atoms with Gasteiger partial charge >= 0.3 is 0 Å². The lowest BCUT2D eigenvalue weighted by Gasteiger charge is -2.08. The molecule has 0 aliphatic rings. The summed E-state index contributed by atoms with van der Waals surface area (Å²) in [6, 6.07) is 1.69. The Morgan fingerprint density at radius 1 is 1.50 bits per heavy atom. The van der Waals surface area contributed by atoms with Crippen LogP contribution in [0.1, 0.15) is 25.3 Å². The van der Waals surface area contributed by atoms with E-state index in [-0.39, 0.29) is 17.2 Å². The second kappa shape index (κ2) is 4.04. The van der Waals surface area contributed by atoms with Crippen molar-refractivity contribution in [3.63, 3.8) is 0 Å². The summed E-state index contributed by atoms with van der Waals surface area (Å²) in [7, 11) is 0. The first-order valence-electron chi connectivity index (χ1n) is 4.91. The van der Waals surface area contributed by atoms with Crippen molar-refractivity contribution in [3.05, 3.63) is 37.9 Å². The zero-order chi connectivity index (χ0) is 11.9. The maximum atomic E-state index is 12.0. The second-order valence-corrected chi connectivity index (χ2v) is 5.04. The molecular weight excluding hydrogens is 319 g/mol. The maximum Gasteiger partial charge on any atom is 0.261 e. The van der Waals surface area contributed by atoms with Gasteiger partial charge < -0.3 is 5.11 Å². The van der Waals surface area contributed by atoms with Crippen LogP contribution < -0.4 is 5.56 Å². The van der Waals surface area contributed by atoms with Crippen molar-refractivity contribution in [2.45, 2.75) is 19.8 Å². The van der Waals surface area contributed by atoms with E-state index in [1.165, 1.54) is 10.6 Å². The Morgan fingerprint density at radius 2 is 2.19 bits per heavy atom. The van der Waals surface area contributed by atoms with Gasteiger partial charge in [0.2, 0.25) is 0 Å². The number of nitrogens with zero attached hydrogens (tertiary/aromatic N) is 2. The fourth-order valence-electron chi connectivity index (χ4n) is 1.52. The van der Waals surface area contributed by atoms with Crippen molar-refractivity contribution < 1.29 is 5.11 Å². The minimum absolute atomic E-state index is 0.0514. The van der Waals surface area contributed by atoms with E-state index < -0.39 is 0 Å². The molecule has 2 heterocycles. The monoisotopic (exact) mass is 330 g/mol. The minimum atomic E-state index is -0.119. The Morgan fingerprint density at radius 3 is 2.81 bits per heavy atom. The molecular formula is C11H11IN2O2. The Balaban J connectivity index is 2.88. The van der Waals surface area contributed by atoms with E-state index >= 15 is 0 Å². The van der Waals surface area contributed by atoms with Crippen LogP contribution in [0.2, 0.25) is 0 Å². The van der Waals surface area contributed by atoms with Crippen LogP contribution in [0.4, 0.5) is 0 Å². The zero-order valence-corrected chi connectivity index (χ0v) is 11.1. The quantitative estimate of drug-likeness (QED) is 0.815. The number of aromatic hydroxyl groups is 1. The Bertz CT molecular complexity index is 605. The van der Waals surface area contributed by atoms with E-state index in [1.54, 1.807) is 12.3 Å². The van der Waals surface area contributed by atoms with Gasteiger partial charge in [-0.15, -0.1) is 0 Å². The van der Waals surface area contributed by atoms with Crippen LogP contribution in [-0.4, -0.2) is 14.5 Å². The Labute approximate surface area is 106 Å². The number of pyridine rings is 1. The molecule has 16 heavy (non-hydrogen) atoms. The molecule has 0 spiro atoms. The third-order valence-electron chi connectivity index (χ3n) is 2.45. The molecule has 5 heteroatoms. The van der Waals surface area contributed by atoms with Crippen LogP contribution in [0.15, 0.2) is 23.3 Å². The number of fused-ring (bicyclic) bond motifs is 1. The third-order valence-corrected chi connectivity index (χ3v) is 3.32. The highest BCUT2D eigenvalue weighted by atomic mass is 127. The SMILES string of the molecule is CC(C)c1cnc2c(O)c(I)ccn2c1=O. The highest BCUT2D eigenvalue weighted by molar-refractivity contribution is 14.1. The molecule has 0 saturated heterocycles. The average Bonchev–Trinajstić information content (AvgIpc) is 2.23. The molecule has 0 atom stereocenters. The second-order valence-electron chi connectivity index (χ2n) is 3.88. The van der Waals surface area contributed by atoms with Crippen molar-refractivity contribution in [3.8, 4) is 5.75 Å². The molecule has 0 radical (unpaired) electrons. The Hall–Kier alpha value is -1.11. The van der Waals surface area contributed by atoms with Crippen LogP contribution in [-0.2, 0) is 0 Å². The largest absolute Gasteiger partial charge is 0.504 e. The molecule has 0 fully saturated rings. The summed E-state index contributed by atoms with van der Waals surface area (Å²) in [6.07, 6.45) is 3.18. The molecule has 0 unspecified atom stereocenters. The lowest BCUT2D eigenvalue weighted by molar-refractivity contribution is 0.472. The van der Waals surface area contributed by atoms with Gasteiger partial charge in [-0.1, -0.05) is 13.8 Å². The van der Waals surface area contributed by atoms with Gasteiger partial charge in [-0.25, -0.2) is 4.98 Å². The van der Waals surface area contributed by atoms with Crippen molar-refractivity contribution in [2.75, 3.05) is 0 Å². The van der Waals surface area contributed by atoms with Gasteiger partial charge in [-0.3, -0.25) is 9.20 Å². The third kappa shape index (κ3) is 1.68. The first-order chi connectivity index (χ1) is 7.52. The van der Waals surface area contributed by atoms with Crippen LogP contribution in [0.25, 0.3) is 5.65 Å². The highest BCUT2D eigenvalue weighted by Crippen LogP contribution is 2.22. The van der Waals surface area contributed by atoms with E-state index in [0.717, 1.165) is 0 Å². The molecule has 0 aliphatic carbocycles. The summed E-state index contributed by atoms with van der Waals surface area (Å²) in [5.74, 6) is 0.175. The van der Waals surface area contributed by atoms with Crippen molar-refractivity contribution >= 4 is 28.2 Å². The highest BCUT2D eigenvalue weighted by Gasteiger charge is 2.11. The standard InChI is InChI=1S/C11H11IN2O2/c1-6(2)7-5-13-10-9(15)8(12)3-4-14(10)11(7)16/h3-6,15H,1-2H3. The molecule has 0 saturated carbocycles. The zero-order valence-electron chi connectivity index (χ0n) is 8.94. The van der Waals surface area contributed by atoms with Crippen LogP contribution in [0, 0.1) is 3.57 Å². The summed E-state index contributed by atoms with van der Waals surface area (Å²) < 4.78 is 2.06. The number of aromatic nitrogens is 2. The summed E-state index contributed by atoms with van der Waals surface area (Å²) >= 11 is 2.00. The van der Waals surface area contributed by atoms with Gasteiger partial charge in [-0.05, 0) is 34.6 Å². The molecule has 2 aromatic rings. The van der Waals surface area contributed by atoms with Crippen molar-refractivity contribution in [2.24, 2.45) is 0 Å². The molecule has 0 amide bonds. The molecule has 1 N–H and O–H groups in total. The topological polar surface area (TPSA) is 54.6 Å². The van der Waals surface area contributed by atoms with E-state index in [1.807, 2.05) is 36.4 Å². The van der Waals surface area contributed by atoms with E-state index in [4.69, 9.17) is 0 Å². The molecule has 2 aromatic heterocycles. The van der Waals surface area contributed by atoms with Gasteiger partial charge in [-0.2, -0.15) is 0 Å². The fourth-order valence-corrected chi connectivity index (χ4v) is 1.92. The fraction of sp³-hybridized carbons (Fsp3) is 0.273. The first-order valence-corrected chi connectivity index (χ1v) is 5.99. The van der Waals surface area contributed by atoms with Crippen LogP contribution in [0.3, 0.4) is 0 Å². The predicted octanol–water partition coefficient (Wildman–Crippen LogP) is 2.13. The van der Waals surface area contributed by atoms with E-state index in [0.29, 0.717) is 14.8 Å². The number of hydrogen-bond donors (Lipinski definition) is 1. The summed E-state index contributed by atoms with van der Waals surface area (Å²) in [5.41, 5.74) is 0.839. The molecule has 0 bridgehead atoms. The Kier molecular flexibility index (Phi) is 2.88. The summed E-state index contributed by atoms with van der Waals surface area (Å²) in [6.45, 7) is 3.88. The molecule has 84 valence electrons. The maximum absolute atomic E-state index is 12.0. The lowest BCUT2D eigenvalue weighted by Crippen LogP contribution is -2.20. The average molecular weight is 330 g/mol. The number of rotatable bonds is 1. The van der Waals surface area contributed by atoms with E-state index in [2.05, 4.69) is 4.98 Å². The summed E-state index contributed by atoms with van der Waals surface area (Å²) in [5, 5.41) is 9.78. The van der Waals surface area contributed by atoms with Crippen LogP contribution in [0.5, 0.6) is 5.75 Å². The smallest absolute Gasteiger partial charge is 0.261 e. The van der Waals surface area contributed by atoms with Gasteiger partial charge in [0.05, 0.1) is 3.57 Å². The van der Waals surface area contributed by atoms with Crippen molar-refractivity contribution in [1.29, 1.82) is 0 Å². The lowest BCUT2D eigenvalue weighted by atomic mass is 10.1. The summed E-state index contributed by atoms with van der Waals surface area (Å²) in [4.78, 5) is 16.2. The molecule has 4 nitrogen and oxygen atoms in total. The van der Waals surface area contributed by atoms with Gasteiger partial charge in [0.25, 0.3) is 5.56 Å². The van der Waals surface area contributed by atoms with Crippen molar-refractivity contribution in [1.82, 2.24) is 9.38 Å². The van der Waals surface area contributed by atoms with Gasteiger partial charge in [0, 0.05) is 18.0 Å². The normalized spacial score (nSPS) is 11.2. The van der Waals surface area contributed by atoms with E-state index in [9.17, 15) is 9.90 Å². The minimum Gasteiger partial charge on any atom is -0.504 e. The molecule has 2 rings (SSSR count). The first kappa shape index (κ1) is 11.4. The molecule has 0 aliphatic heterocycles. The molecule has 0 aromatic carbocycles. The van der Waals surface area contributed by atoms with Crippen LogP contribution >= 0.6 is 22.6 Å². The van der Waals surface area contributed by atoms with Gasteiger partial charge in [0.15, 0.2) is 11.4 Å².